The third kappa shape index (κ3) is 3.13. The maximum absolute atomic E-state index is 12.6. The van der Waals surface area contributed by atoms with Crippen molar-refractivity contribution in [2.24, 2.45) is 5.92 Å². The summed E-state index contributed by atoms with van der Waals surface area (Å²) >= 11 is 6.24. The van der Waals surface area contributed by atoms with Gasteiger partial charge >= 0.3 is 5.97 Å². The molecule has 0 unspecified atom stereocenters. The Morgan fingerprint density at radius 2 is 2.03 bits per heavy atom. The van der Waals surface area contributed by atoms with Crippen LogP contribution in [0.15, 0.2) is 45.6 Å². The summed E-state index contributed by atoms with van der Waals surface area (Å²) in [4.78, 5) is 23.7. The molecule has 2 aliphatic rings. The number of carboxylic acid groups (broad SMARTS) is 1. The minimum atomic E-state index is -0.803. The summed E-state index contributed by atoms with van der Waals surface area (Å²) in [5.41, 5.74) is 1.71. The van der Waals surface area contributed by atoms with Gasteiger partial charge in [-0.3, -0.25) is 9.59 Å². The predicted molar refractivity (Wildman–Crippen MR) is 107 cm³/mol. The maximum atomic E-state index is 12.6. The van der Waals surface area contributed by atoms with Crippen molar-refractivity contribution in [1.82, 2.24) is 0 Å². The van der Waals surface area contributed by atoms with Crippen molar-refractivity contribution in [2.45, 2.75) is 25.4 Å². The highest BCUT2D eigenvalue weighted by atomic mass is 35.5. The average molecular weight is 413 g/mol. The van der Waals surface area contributed by atoms with Crippen molar-refractivity contribution < 1.29 is 23.8 Å². The maximum Gasteiger partial charge on any atom is 0.306 e. The van der Waals surface area contributed by atoms with Crippen LogP contribution < -0.4 is 14.9 Å². The monoisotopic (exact) mass is 412 g/mol. The van der Waals surface area contributed by atoms with Gasteiger partial charge in [-0.25, -0.2) is 0 Å². The number of rotatable bonds is 4. The third-order valence-corrected chi connectivity index (χ3v) is 5.80. The molecule has 1 aliphatic carbocycles. The SMILES string of the molecule is O=c1cc(-c2cc3c(cc2O[C@H]2C[C@H](C(=O)O)C2)CCO3)oc2c(Cl)cccc12. The first-order chi connectivity index (χ1) is 14.0. The summed E-state index contributed by atoms with van der Waals surface area (Å²) in [7, 11) is 0. The molecule has 0 atom stereocenters. The van der Waals surface area contributed by atoms with E-state index in [4.69, 9.17) is 30.6 Å². The molecular weight excluding hydrogens is 396 g/mol. The summed E-state index contributed by atoms with van der Waals surface area (Å²) in [5.74, 6) is 0.433. The summed E-state index contributed by atoms with van der Waals surface area (Å²) in [6, 6.07) is 10.2. The van der Waals surface area contributed by atoms with Crippen LogP contribution in [-0.2, 0) is 11.2 Å². The predicted octanol–water partition coefficient (Wildman–Crippen LogP) is 4.29. The average Bonchev–Trinajstić information content (AvgIpc) is 3.11. The van der Waals surface area contributed by atoms with Crippen LogP contribution in [0.5, 0.6) is 11.5 Å². The van der Waals surface area contributed by atoms with Gasteiger partial charge in [0.25, 0.3) is 0 Å². The molecule has 1 N–H and O–H groups in total. The van der Waals surface area contributed by atoms with Crippen LogP contribution in [0, 0.1) is 5.92 Å². The van der Waals surface area contributed by atoms with E-state index < -0.39 is 5.97 Å². The lowest BCUT2D eigenvalue weighted by atomic mass is 9.82. The molecule has 0 spiro atoms. The van der Waals surface area contributed by atoms with Gasteiger partial charge in [0.2, 0.25) is 0 Å². The first-order valence-corrected chi connectivity index (χ1v) is 9.79. The highest BCUT2D eigenvalue weighted by molar-refractivity contribution is 6.34. The Morgan fingerprint density at radius 3 is 2.83 bits per heavy atom. The largest absolute Gasteiger partial charge is 0.493 e. The number of hydrogen-bond donors (Lipinski definition) is 1. The molecule has 1 aromatic heterocycles. The molecule has 3 aromatic rings. The Labute approximate surface area is 170 Å². The van der Waals surface area contributed by atoms with Crippen molar-refractivity contribution in [3.8, 4) is 22.8 Å². The van der Waals surface area contributed by atoms with Crippen molar-refractivity contribution in [1.29, 1.82) is 0 Å². The van der Waals surface area contributed by atoms with Gasteiger partial charge in [-0.2, -0.15) is 0 Å². The van der Waals surface area contributed by atoms with Gasteiger partial charge in [0, 0.05) is 18.1 Å². The summed E-state index contributed by atoms with van der Waals surface area (Å²) < 4.78 is 17.8. The van der Waals surface area contributed by atoms with E-state index in [1.165, 1.54) is 6.07 Å². The quantitative estimate of drug-likeness (QED) is 0.688. The molecule has 0 radical (unpaired) electrons. The summed E-state index contributed by atoms with van der Waals surface area (Å²) in [5, 5.41) is 9.86. The molecule has 2 aromatic carbocycles. The number of carboxylic acids is 1. The number of benzene rings is 2. The van der Waals surface area contributed by atoms with Crippen LogP contribution in [-0.4, -0.2) is 23.8 Å². The molecule has 0 bridgehead atoms. The third-order valence-electron chi connectivity index (χ3n) is 5.50. The highest BCUT2D eigenvalue weighted by Gasteiger charge is 2.36. The zero-order chi connectivity index (χ0) is 20.1. The van der Waals surface area contributed by atoms with Gasteiger partial charge in [-0.1, -0.05) is 17.7 Å². The number of hydrogen-bond acceptors (Lipinski definition) is 5. The number of para-hydroxylation sites is 1. The second-order valence-electron chi connectivity index (χ2n) is 7.39. The molecule has 1 fully saturated rings. The Balaban J connectivity index is 1.59. The van der Waals surface area contributed by atoms with Crippen LogP contribution in [0.3, 0.4) is 0 Å². The molecular formula is C22H17ClO6. The molecule has 0 saturated heterocycles. The smallest absolute Gasteiger partial charge is 0.306 e. The van der Waals surface area contributed by atoms with Crippen LogP contribution in [0.2, 0.25) is 5.02 Å². The van der Waals surface area contributed by atoms with Gasteiger partial charge in [-0.05, 0) is 37.1 Å². The molecule has 5 rings (SSSR count). The number of aliphatic carboxylic acids is 1. The second kappa shape index (κ2) is 6.81. The fourth-order valence-corrected chi connectivity index (χ4v) is 4.02. The van der Waals surface area contributed by atoms with E-state index in [-0.39, 0.29) is 17.5 Å². The Kier molecular flexibility index (Phi) is 4.24. The zero-order valence-electron chi connectivity index (χ0n) is 15.3. The fourth-order valence-electron chi connectivity index (χ4n) is 3.81. The number of ether oxygens (including phenoxy) is 2. The molecule has 1 saturated carbocycles. The molecule has 29 heavy (non-hydrogen) atoms. The van der Waals surface area contributed by atoms with E-state index in [0.717, 1.165) is 17.7 Å². The van der Waals surface area contributed by atoms with E-state index in [2.05, 4.69) is 0 Å². The standard InChI is InChI=1S/C22H17ClO6/c23-16-3-1-2-14-17(24)10-20(29-21(14)16)15-9-18-11(4-5-27-18)8-19(15)28-13-6-12(7-13)22(25)26/h1-3,8-10,12-13H,4-7H2,(H,25,26)/t12-,13-. The first-order valence-electron chi connectivity index (χ1n) is 9.41. The van der Waals surface area contributed by atoms with Crippen LogP contribution in [0.4, 0.5) is 0 Å². The molecule has 6 nitrogen and oxygen atoms in total. The van der Waals surface area contributed by atoms with Gasteiger partial charge in [0.15, 0.2) is 11.0 Å². The van der Waals surface area contributed by atoms with Crippen LogP contribution >= 0.6 is 11.6 Å². The van der Waals surface area contributed by atoms with Gasteiger partial charge in [0.1, 0.15) is 23.4 Å². The first kappa shape index (κ1) is 18.1. The minimum absolute atomic E-state index is 0.189. The topological polar surface area (TPSA) is 86.0 Å². The number of carbonyl (C=O) groups is 1. The van der Waals surface area contributed by atoms with E-state index in [0.29, 0.717) is 52.5 Å². The lowest BCUT2D eigenvalue weighted by Gasteiger charge is -2.33. The Morgan fingerprint density at radius 1 is 1.21 bits per heavy atom. The second-order valence-corrected chi connectivity index (χ2v) is 7.80. The van der Waals surface area contributed by atoms with Crippen LogP contribution in [0.25, 0.3) is 22.3 Å². The highest BCUT2D eigenvalue weighted by Crippen LogP contribution is 2.42. The Bertz CT molecular complexity index is 1190. The van der Waals surface area contributed by atoms with E-state index in [1.54, 1.807) is 18.2 Å². The van der Waals surface area contributed by atoms with E-state index in [1.807, 2.05) is 12.1 Å². The summed E-state index contributed by atoms with van der Waals surface area (Å²) in [6.45, 7) is 0.580. The fraction of sp³-hybridized carbons (Fsp3) is 0.273. The summed E-state index contributed by atoms with van der Waals surface area (Å²) in [6.07, 6.45) is 1.49. The minimum Gasteiger partial charge on any atom is -0.493 e. The lowest BCUT2D eigenvalue weighted by molar-refractivity contribution is -0.147. The Hall–Kier alpha value is -2.99. The normalized spacial score (nSPS) is 20.0. The van der Waals surface area contributed by atoms with Crippen molar-refractivity contribution in [3.63, 3.8) is 0 Å². The zero-order valence-corrected chi connectivity index (χ0v) is 16.1. The molecule has 2 heterocycles. The van der Waals surface area contributed by atoms with Crippen molar-refractivity contribution in [2.75, 3.05) is 6.61 Å². The molecule has 7 heteroatoms. The molecule has 148 valence electrons. The van der Waals surface area contributed by atoms with Gasteiger partial charge in [0.05, 0.1) is 28.5 Å². The van der Waals surface area contributed by atoms with Crippen molar-refractivity contribution >= 4 is 28.5 Å². The van der Waals surface area contributed by atoms with Crippen LogP contribution in [0.1, 0.15) is 18.4 Å². The number of halogens is 1. The lowest BCUT2D eigenvalue weighted by Crippen LogP contribution is -2.38. The van der Waals surface area contributed by atoms with Gasteiger partial charge in [-0.15, -0.1) is 0 Å². The van der Waals surface area contributed by atoms with Gasteiger partial charge < -0.3 is 19.0 Å². The molecule has 1 aliphatic heterocycles. The molecule has 0 amide bonds. The number of fused-ring (bicyclic) bond motifs is 2. The van der Waals surface area contributed by atoms with Crippen molar-refractivity contribution in [3.05, 3.63) is 57.2 Å². The van der Waals surface area contributed by atoms with E-state index in [9.17, 15) is 9.59 Å². The van der Waals surface area contributed by atoms with E-state index >= 15 is 0 Å².